The molecule has 0 bridgehead atoms. The van der Waals surface area contributed by atoms with Gasteiger partial charge >= 0.3 is 0 Å². The van der Waals surface area contributed by atoms with Crippen molar-refractivity contribution >= 4 is 0 Å². The van der Waals surface area contributed by atoms with E-state index in [1.165, 1.54) is 0 Å². The summed E-state index contributed by atoms with van der Waals surface area (Å²) >= 11 is 0. The summed E-state index contributed by atoms with van der Waals surface area (Å²) in [7, 11) is 0. The fraction of sp³-hybridized carbons (Fsp3) is 0.615. The molecule has 0 aromatic carbocycles. The van der Waals surface area contributed by atoms with Crippen LogP contribution in [0.2, 0.25) is 0 Å². The summed E-state index contributed by atoms with van der Waals surface area (Å²) in [4.78, 5) is 6.72. The summed E-state index contributed by atoms with van der Waals surface area (Å²) in [5.74, 6) is 0.708. The lowest BCUT2D eigenvalue weighted by Crippen LogP contribution is -2.46. The first-order chi connectivity index (χ1) is 7.66. The van der Waals surface area contributed by atoms with Crippen LogP contribution in [0.3, 0.4) is 0 Å². The molecule has 0 aliphatic carbocycles. The van der Waals surface area contributed by atoms with Crippen LogP contribution in [0, 0.1) is 11.8 Å². The first-order valence-corrected chi connectivity index (χ1v) is 5.97. The Kier molecular flexibility index (Phi) is 3.56. The number of likely N-dealkylation sites (tertiary alicyclic amines) is 1. The largest absolute Gasteiger partial charge is 0.392 e. The van der Waals surface area contributed by atoms with Crippen molar-refractivity contribution in [1.29, 1.82) is 0 Å². The highest BCUT2D eigenvalue weighted by atomic mass is 16.3. The molecule has 3 nitrogen and oxygen atoms in total. The van der Waals surface area contributed by atoms with E-state index < -0.39 is 0 Å². The molecule has 1 aliphatic rings. The van der Waals surface area contributed by atoms with Gasteiger partial charge in [-0.2, -0.15) is 0 Å². The van der Waals surface area contributed by atoms with Crippen molar-refractivity contribution in [3.8, 4) is 0 Å². The average Bonchev–Trinajstić information content (AvgIpc) is 2.27. The molecule has 1 saturated heterocycles. The molecular formula is C13H20N2O. The number of pyridine rings is 1. The van der Waals surface area contributed by atoms with Crippen LogP contribution in [0.15, 0.2) is 24.4 Å². The van der Waals surface area contributed by atoms with E-state index in [-0.39, 0.29) is 6.10 Å². The molecule has 0 spiro atoms. The first-order valence-electron chi connectivity index (χ1n) is 5.97. The zero-order valence-electron chi connectivity index (χ0n) is 10.0. The molecule has 2 heterocycles. The van der Waals surface area contributed by atoms with E-state index in [9.17, 15) is 5.11 Å². The normalized spacial score (nSPS) is 31.6. The molecule has 1 aliphatic heterocycles. The number of hydrogen-bond acceptors (Lipinski definition) is 3. The summed E-state index contributed by atoms with van der Waals surface area (Å²) < 4.78 is 0. The first kappa shape index (κ1) is 11.6. The van der Waals surface area contributed by atoms with Crippen molar-refractivity contribution in [2.75, 3.05) is 13.1 Å². The fourth-order valence-corrected chi connectivity index (χ4v) is 2.52. The number of aliphatic hydroxyl groups is 1. The molecule has 3 heteroatoms. The summed E-state index contributed by atoms with van der Waals surface area (Å²) in [5.41, 5.74) is 1.11. The van der Waals surface area contributed by atoms with Crippen molar-refractivity contribution in [2.24, 2.45) is 11.8 Å². The Morgan fingerprint density at radius 2 is 2.00 bits per heavy atom. The van der Waals surface area contributed by atoms with Gasteiger partial charge in [-0.15, -0.1) is 0 Å². The lowest BCUT2D eigenvalue weighted by Gasteiger charge is -2.38. The van der Waals surface area contributed by atoms with Crippen LogP contribution in [-0.2, 0) is 6.54 Å². The third kappa shape index (κ3) is 2.60. The van der Waals surface area contributed by atoms with Gasteiger partial charge in [0.1, 0.15) is 0 Å². The summed E-state index contributed by atoms with van der Waals surface area (Å²) in [6, 6.07) is 6.02. The maximum Gasteiger partial charge on any atom is 0.0615 e. The second kappa shape index (κ2) is 4.93. The Labute approximate surface area is 97.1 Å². The van der Waals surface area contributed by atoms with Gasteiger partial charge in [-0.05, 0) is 24.0 Å². The molecule has 16 heavy (non-hydrogen) atoms. The van der Waals surface area contributed by atoms with Crippen molar-refractivity contribution < 1.29 is 5.11 Å². The van der Waals surface area contributed by atoms with E-state index >= 15 is 0 Å². The minimum Gasteiger partial charge on any atom is -0.392 e. The molecule has 1 aromatic heterocycles. The van der Waals surface area contributed by atoms with Gasteiger partial charge in [0.15, 0.2) is 0 Å². The highest BCUT2D eigenvalue weighted by Crippen LogP contribution is 2.22. The molecule has 1 N–H and O–H groups in total. The van der Waals surface area contributed by atoms with Crippen LogP contribution in [-0.4, -0.2) is 34.2 Å². The summed E-state index contributed by atoms with van der Waals surface area (Å²) in [6.07, 6.45) is 1.68. The number of aliphatic hydroxyl groups excluding tert-OH is 1. The summed E-state index contributed by atoms with van der Waals surface area (Å²) in [5, 5.41) is 9.89. The summed E-state index contributed by atoms with van der Waals surface area (Å²) in [6.45, 7) is 7.05. The Balaban J connectivity index is 1.97. The van der Waals surface area contributed by atoms with Crippen molar-refractivity contribution in [3.05, 3.63) is 30.1 Å². The third-order valence-corrected chi connectivity index (χ3v) is 3.37. The van der Waals surface area contributed by atoms with Crippen molar-refractivity contribution in [2.45, 2.75) is 26.5 Å². The molecule has 1 fully saturated rings. The SMILES string of the molecule is CC1CN(Cc2ccccn2)CC(C)C1O. The van der Waals surface area contributed by atoms with Crippen LogP contribution < -0.4 is 0 Å². The minimum absolute atomic E-state index is 0.153. The van der Waals surface area contributed by atoms with E-state index in [0.29, 0.717) is 11.8 Å². The molecule has 1 aromatic rings. The van der Waals surface area contributed by atoms with Gasteiger partial charge in [0, 0.05) is 25.8 Å². The van der Waals surface area contributed by atoms with Gasteiger partial charge in [-0.3, -0.25) is 9.88 Å². The van der Waals surface area contributed by atoms with E-state index in [0.717, 1.165) is 25.3 Å². The van der Waals surface area contributed by atoms with Gasteiger partial charge in [0.2, 0.25) is 0 Å². The standard InChI is InChI=1S/C13H20N2O/c1-10-7-15(8-11(2)13(10)16)9-12-5-3-4-6-14-12/h3-6,10-11,13,16H,7-9H2,1-2H3. The Hall–Kier alpha value is -0.930. The lowest BCUT2D eigenvalue weighted by molar-refractivity contribution is -0.0110. The van der Waals surface area contributed by atoms with Crippen LogP contribution in [0.5, 0.6) is 0 Å². The number of piperidine rings is 1. The van der Waals surface area contributed by atoms with E-state index in [4.69, 9.17) is 0 Å². The Bertz CT molecular complexity index is 316. The second-order valence-corrected chi connectivity index (χ2v) is 4.96. The van der Waals surface area contributed by atoms with Crippen molar-refractivity contribution in [1.82, 2.24) is 9.88 Å². The van der Waals surface area contributed by atoms with Gasteiger partial charge in [0.05, 0.1) is 11.8 Å². The molecule has 88 valence electrons. The van der Waals surface area contributed by atoms with Crippen LogP contribution >= 0.6 is 0 Å². The monoisotopic (exact) mass is 220 g/mol. The number of rotatable bonds is 2. The Morgan fingerprint density at radius 3 is 2.56 bits per heavy atom. The maximum absolute atomic E-state index is 9.89. The lowest BCUT2D eigenvalue weighted by atomic mass is 9.88. The highest BCUT2D eigenvalue weighted by Gasteiger charge is 2.30. The fourth-order valence-electron chi connectivity index (χ4n) is 2.52. The minimum atomic E-state index is -0.153. The van der Waals surface area contributed by atoms with Crippen LogP contribution in [0.4, 0.5) is 0 Å². The van der Waals surface area contributed by atoms with E-state index in [1.807, 2.05) is 18.3 Å². The van der Waals surface area contributed by atoms with E-state index in [1.54, 1.807) is 0 Å². The number of hydrogen-bond donors (Lipinski definition) is 1. The molecule has 0 amide bonds. The molecule has 0 saturated carbocycles. The van der Waals surface area contributed by atoms with Crippen LogP contribution in [0.25, 0.3) is 0 Å². The van der Waals surface area contributed by atoms with Gasteiger partial charge in [0.25, 0.3) is 0 Å². The van der Waals surface area contributed by atoms with Gasteiger partial charge in [-0.1, -0.05) is 19.9 Å². The molecular weight excluding hydrogens is 200 g/mol. The molecule has 2 atom stereocenters. The number of nitrogens with zero attached hydrogens (tertiary/aromatic N) is 2. The van der Waals surface area contributed by atoms with Crippen LogP contribution in [0.1, 0.15) is 19.5 Å². The predicted octanol–water partition coefficient (Wildman–Crippen LogP) is 1.53. The number of aromatic nitrogens is 1. The smallest absolute Gasteiger partial charge is 0.0615 e. The second-order valence-electron chi connectivity index (χ2n) is 4.96. The maximum atomic E-state index is 9.89. The predicted molar refractivity (Wildman–Crippen MR) is 63.8 cm³/mol. The average molecular weight is 220 g/mol. The van der Waals surface area contributed by atoms with E-state index in [2.05, 4.69) is 29.8 Å². The zero-order chi connectivity index (χ0) is 11.5. The van der Waals surface area contributed by atoms with Crippen molar-refractivity contribution in [3.63, 3.8) is 0 Å². The third-order valence-electron chi connectivity index (χ3n) is 3.37. The molecule has 2 rings (SSSR count). The van der Waals surface area contributed by atoms with Gasteiger partial charge < -0.3 is 5.11 Å². The molecule has 2 unspecified atom stereocenters. The van der Waals surface area contributed by atoms with Gasteiger partial charge in [-0.25, -0.2) is 0 Å². The zero-order valence-corrected chi connectivity index (χ0v) is 10.0. The highest BCUT2D eigenvalue weighted by molar-refractivity contribution is 5.03. The topological polar surface area (TPSA) is 36.4 Å². The Morgan fingerprint density at radius 1 is 1.31 bits per heavy atom. The quantitative estimate of drug-likeness (QED) is 0.821. The molecule has 0 radical (unpaired) electrons.